The average Bonchev–Trinajstić information content (AvgIpc) is 3.17. The third-order valence-electron chi connectivity index (χ3n) is 5.70. The highest BCUT2D eigenvalue weighted by molar-refractivity contribution is 7.98. The van der Waals surface area contributed by atoms with Crippen LogP contribution in [0, 0.1) is 13.8 Å². The van der Waals surface area contributed by atoms with Gasteiger partial charge in [-0.15, -0.1) is 5.10 Å². The number of rotatable bonds is 9. The zero-order valence-corrected chi connectivity index (χ0v) is 20.1. The Labute approximate surface area is 188 Å². The van der Waals surface area contributed by atoms with E-state index in [0.717, 1.165) is 23.4 Å². The molecule has 166 valence electrons. The molecule has 0 aliphatic carbocycles. The lowest BCUT2D eigenvalue weighted by Crippen LogP contribution is -2.34. The molecule has 1 amide bonds. The summed E-state index contributed by atoms with van der Waals surface area (Å²) in [5, 5.41) is 8.30. The van der Waals surface area contributed by atoms with E-state index in [1.165, 1.54) is 22.9 Å². The van der Waals surface area contributed by atoms with Crippen LogP contribution in [0.15, 0.2) is 29.4 Å². The van der Waals surface area contributed by atoms with Crippen molar-refractivity contribution in [2.75, 3.05) is 26.9 Å². The van der Waals surface area contributed by atoms with Crippen LogP contribution in [0.3, 0.4) is 0 Å². The third-order valence-corrected chi connectivity index (χ3v) is 6.24. The van der Waals surface area contributed by atoms with Gasteiger partial charge >= 0.3 is 0 Å². The van der Waals surface area contributed by atoms with E-state index in [0.29, 0.717) is 30.3 Å². The van der Waals surface area contributed by atoms with Crippen molar-refractivity contribution in [3.63, 3.8) is 0 Å². The van der Waals surface area contributed by atoms with Crippen LogP contribution in [-0.2, 0) is 17.6 Å². The van der Waals surface area contributed by atoms with Crippen molar-refractivity contribution in [3.8, 4) is 0 Å². The number of carbonyl (C=O) groups is 1. The number of aryl methyl sites for hydroxylation is 3. The predicted molar refractivity (Wildman–Crippen MR) is 126 cm³/mol. The number of aromatic nitrogens is 4. The van der Waals surface area contributed by atoms with Gasteiger partial charge in [-0.2, -0.15) is 4.98 Å². The van der Waals surface area contributed by atoms with E-state index < -0.39 is 0 Å². The van der Waals surface area contributed by atoms with E-state index in [1.54, 1.807) is 4.52 Å². The summed E-state index contributed by atoms with van der Waals surface area (Å²) in [6.45, 7) is 6.71. The van der Waals surface area contributed by atoms with Gasteiger partial charge in [0.05, 0.1) is 6.04 Å². The molecule has 1 atom stereocenters. The molecule has 7 nitrogen and oxygen atoms in total. The van der Waals surface area contributed by atoms with Crippen LogP contribution < -0.4 is 5.32 Å². The largest absolute Gasteiger partial charge is 0.354 e. The van der Waals surface area contributed by atoms with E-state index in [1.807, 2.05) is 34.2 Å². The van der Waals surface area contributed by atoms with Crippen molar-refractivity contribution < 1.29 is 4.79 Å². The Bertz CT molecular complexity index is 1040. The number of carbonyl (C=O) groups excluding carboxylic acids is 1. The first-order valence-electron chi connectivity index (χ1n) is 10.6. The van der Waals surface area contributed by atoms with Crippen LogP contribution in [0.4, 0.5) is 0 Å². The van der Waals surface area contributed by atoms with Gasteiger partial charge in [0, 0.05) is 24.4 Å². The molecule has 0 bridgehead atoms. The van der Waals surface area contributed by atoms with Gasteiger partial charge < -0.3 is 10.2 Å². The van der Waals surface area contributed by atoms with Crippen LogP contribution in [0.5, 0.6) is 0 Å². The molecule has 8 heteroatoms. The predicted octanol–water partition coefficient (Wildman–Crippen LogP) is 3.38. The van der Waals surface area contributed by atoms with Gasteiger partial charge in [-0.1, -0.05) is 43.0 Å². The first-order chi connectivity index (χ1) is 14.8. The number of amides is 1. The molecule has 3 aromatic rings. The SMILES string of the molecule is CCc1ccc([C@H](CNC(=O)CCc2c(C)nc3nc(SC)nn3c2C)N(C)C)cc1. The van der Waals surface area contributed by atoms with E-state index in [4.69, 9.17) is 0 Å². The lowest BCUT2D eigenvalue weighted by atomic mass is 10.0. The maximum Gasteiger partial charge on any atom is 0.253 e. The molecule has 1 N–H and O–H groups in total. The molecule has 1 aromatic carbocycles. The third kappa shape index (κ3) is 5.43. The van der Waals surface area contributed by atoms with E-state index in [9.17, 15) is 4.79 Å². The lowest BCUT2D eigenvalue weighted by molar-refractivity contribution is -0.121. The smallest absolute Gasteiger partial charge is 0.253 e. The Morgan fingerprint density at radius 1 is 1.19 bits per heavy atom. The van der Waals surface area contributed by atoms with Gasteiger partial charge in [-0.05, 0) is 63.7 Å². The van der Waals surface area contributed by atoms with Crippen LogP contribution in [0.25, 0.3) is 5.78 Å². The number of thioether (sulfide) groups is 1. The van der Waals surface area contributed by atoms with Crippen molar-refractivity contribution in [2.24, 2.45) is 0 Å². The lowest BCUT2D eigenvalue weighted by Gasteiger charge is -2.25. The first-order valence-corrected chi connectivity index (χ1v) is 11.8. The van der Waals surface area contributed by atoms with Crippen molar-refractivity contribution in [1.82, 2.24) is 29.8 Å². The molecule has 0 aliphatic heterocycles. The minimum Gasteiger partial charge on any atom is -0.354 e. The minimum atomic E-state index is 0.0410. The summed E-state index contributed by atoms with van der Waals surface area (Å²) in [6, 6.07) is 8.77. The summed E-state index contributed by atoms with van der Waals surface area (Å²) in [6.07, 6.45) is 4.00. The maximum absolute atomic E-state index is 12.6. The van der Waals surface area contributed by atoms with Crippen LogP contribution in [-0.4, -0.2) is 57.3 Å². The Morgan fingerprint density at radius 2 is 1.90 bits per heavy atom. The molecule has 3 rings (SSSR count). The van der Waals surface area contributed by atoms with Gasteiger partial charge in [0.2, 0.25) is 11.1 Å². The fraction of sp³-hybridized carbons (Fsp3) is 0.478. The maximum atomic E-state index is 12.6. The molecule has 0 saturated heterocycles. The number of hydrogen-bond donors (Lipinski definition) is 1. The second-order valence-electron chi connectivity index (χ2n) is 7.95. The summed E-state index contributed by atoms with van der Waals surface area (Å²) in [7, 11) is 4.08. The number of nitrogens with one attached hydrogen (secondary N) is 1. The highest BCUT2D eigenvalue weighted by Crippen LogP contribution is 2.20. The molecule has 31 heavy (non-hydrogen) atoms. The van der Waals surface area contributed by atoms with Gasteiger partial charge in [0.1, 0.15) is 0 Å². The summed E-state index contributed by atoms with van der Waals surface area (Å²) in [5.41, 5.74) is 5.48. The van der Waals surface area contributed by atoms with E-state index >= 15 is 0 Å². The fourth-order valence-corrected chi connectivity index (χ4v) is 4.09. The van der Waals surface area contributed by atoms with Gasteiger partial charge in [0.25, 0.3) is 5.78 Å². The number of fused-ring (bicyclic) bond motifs is 1. The van der Waals surface area contributed by atoms with Crippen LogP contribution in [0.2, 0.25) is 0 Å². The molecule has 0 spiro atoms. The van der Waals surface area contributed by atoms with Crippen molar-refractivity contribution in [1.29, 1.82) is 0 Å². The van der Waals surface area contributed by atoms with Crippen LogP contribution >= 0.6 is 11.8 Å². The second kappa shape index (κ2) is 10.2. The average molecular weight is 441 g/mol. The molecule has 0 saturated carbocycles. The fourth-order valence-electron chi connectivity index (χ4n) is 3.75. The molecule has 0 radical (unpaired) electrons. The molecule has 2 heterocycles. The van der Waals surface area contributed by atoms with Gasteiger partial charge in [0.15, 0.2) is 0 Å². The number of likely N-dealkylation sites (N-methyl/N-ethyl adjacent to an activating group) is 1. The van der Waals surface area contributed by atoms with Gasteiger partial charge in [-0.25, -0.2) is 9.50 Å². The van der Waals surface area contributed by atoms with Crippen molar-refractivity contribution in [3.05, 3.63) is 52.3 Å². The van der Waals surface area contributed by atoms with Crippen molar-refractivity contribution in [2.45, 2.75) is 51.2 Å². The quantitative estimate of drug-likeness (QED) is 0.514. The molecule has 0 unspecified atom stereocenters. The minimum absolute atomic E-state index is 0.0410. The Kier molecular flexibility index (Phi) is 7.67. The topological polar surface area (TPSA) is 75.4 Å². The summed E-state index contributed by atoms with van der Waals surface area (Å²) in [4.78, 5) is 23.7. The summed E-state index contributed by atoms with van der Waals surface area (Å²) < 4.78 is 1.77. The zero-order valence-electron chi connectivity index (χ0n) is 19.3. The number of hydrogen-bond acceptors (Lipinski definition) is 6. The van der Waals surface area contributed by atoms with Gasteiger partial charge in [-0.3, -0.25) is 4.79 Å². The summed E-state index contributed by atoms with van der Waals surface area (Å²) in [5.74, 6) is 0.648. The Hall–Kier alpha value is -2.45. The summed E-state index contributed by atoms with van der Waals surface area (Å²) >= 11 is 1.49. The number of nitrogens with zero attached hydrogens (tertiary/aromatic N) is 5. The molecule has 0 fully saturated rings. The molecular weight excluding hydrogens is 408 g/mol. The monoisotopic (exact) mass is 440 g/mol. The zero-order chi connectivity index (χ0) is 22.5. The van der Waals surface area contributed by atoms with E-state index in [-0.39, 0.29) is 11.9 Å². The standard InChI is InChI=1S/C23H32N6OS/c1-7-17-8-10-18(11-9-17)20(28(4)5)14-24-21(30)13-12-19-15(2)25-22-26-23(31-6)27-29(22)16(19)3/h8-11,20H,7,12-14H2,1-6H3,(H,24,30)/t20-/m0/s1. The second-order valence-corrected chi connectivity index (χ2v) is 8.72. The Balaban J connectivity index is 1.63. The normalized spacial score (nSPS) is 12.5. The molecule has 0 aliphatic rings. The van der Waals surface area contributed by atoms with Crippen molar-refractivity contribution >= 4 is 23.4 Å². The first kappa shape index (κ1) is 23.2. The molecular formula is C23H32N6OS. The van der Waals surface area contributed by atoms with E-state index in [2.05, 4.69) is 56.5 Å². The highest BCUT2D eigenvalue weighted by Gasteiger charge is 2.17. The number of benzene rings is 1. The Morgan fingerprint density at radius 3 is 2.52 bits per heavy atom. The highest BCUT2D eigenvalue weighted by atomic mass is 32.2. The van der Waals surface area contributed by atoms with Crippen LogP contribution in [0.1, 0.15) is 47.5 Å². The molecule has 2 aromatic heterocycles.